The second kappa shape index (κ2) is 15.1. The number of fused-ring (bicyclic) bond motifs is 2. The highest BCUT2D eigenvalue weighted by Crippen LogP contribution is 2.32. The van der Waals surface area contributed by atoms with Gasteiger partial charge < -0.3 is 30.3 Å². The molecular formula is C35H38FN7O6S. The Bertz CT molecular complexity index is 1870. The molecule has 6 rings (SSSR count). The van der Waals surface area contributed by atoms with Crippen molar-refractivity contribution in [2.24, 2.45) is 0 Å². The number of rotatable bonds is 12. The molecule has 4 amide bonds. The average Bonchev–Trinajstić information content (AvgIpc) is 3.66. The molecule has 3 heterocycles. The Labute approximate surface area is 292 Å². The van der Waals surface area contributed by atoms with Gasteiger partial charge in [0, 0.05) is 26.1 Å². The summed E-state index contributed by atoms with van der Waals surface area (Å²) in [5, 5.41) is 6.60. The molecule has 2 saturated heterocycles. The maximum atomic E-state index is 14.3. The summed E-state index contributed by atoms with van der Waals surface area (Å²) in [6.07, 6.45) is 0.197. The Kier molecular flexibility index (Phi) is 10.4. The molecular weight excluding hydrogens is 665 g/mol. The molecule has 2 aliphatic heterocycles. The molecule has 2 aliphatic rings. The zero-order valence-corrected chi connectivity index (χ0v) is 28.5. The van der Waals surface area contributed by atoms with E-state index in [1.807, 2.05) is 25.1 Å². The Morgan fingerprint density at radius 3 is 2.54 bits per heavy atom. The standard InChI is InChI=1S/C35H38FN7O6S/c1-3-15-41(35(47)38-17-23-7-11-25(36)12-8-23)42-20-30(44)43-27(16-22-9-13-26(14-10-22)49-21-31(45)48-2)33(46)40(19-29(42)43)18-24-5-4-6-28-32(24)39-34(37)50-28/h4-14,27,29H,3,15-21H2,1-2H3,(H2,37,39)(H,38,47)/t27-,29+/m0/s1. The molecule has 0 saturated carbocycles. The molecule has 13 nitrogen and oxygen atoms in total. The van der Waals surface area contributed by atoms with Crippen molar-refractivity contribution in [1.29, 1.82) is 0 Å². The van der Waals surface area contributed by atoms with Crippen molar-refractivity contribution < 1.29 is 33.0 Å². The molecule has 3 N–H and O–H groups in total. The highest BCUT2D eigenvalue weighted by molar-refractivity contribution is 7.22. The highest BCUT2D eigenvalue weighted by Gasteiger charge is 2.52. The minimum atomic E-state index is -0.862. The summed E-state index contributed by atoms with van der Waals surface area (Å²) in [6.45, 7) is 2.49. The molecule has 0 radical (unpaired) electrons. The first-order valence-corrected chi connectivity index (χ1v) is 17.1. The number of amides is 4. The maximum Gasteiger partial charge on any atom is 0.343 e. The fourth-order valence-corrected chi connectivity index (χ4v) is 7.10. The molecule has 50 heavy (non-hydrogen) atoms. The number of carbonyl (C=O) groups is 4. The van der Waals surface area contributed by atoms with Crippen LogP contribution >= 0.6 is 11.3 Å². The number of para-hydroxylation sites is 1. The molecule has 15 heteroatoms. The Morgan fingerprint density at radius 2 is 1.82 bits per heavy atom. The van der Waals surface area contributed by atoms with Gasteiger partial charge in [-0.3, -0.25) is 14.6 Å². The molecule has 3 aromatic carbocycles. The Hall–Kier alpha value is -5.28. The third-order valence-corrected chi connectivity index (χ3v) is 9.57. The number of piperazine rings is 1. The van der Waals surface area contributed by atoms with Gasteiger partial charge in [0.15, 0.2) is 11.7 Å². The van der Waals surface area contributed by atoms with Gasteiger partial charge in [-0.1, -0.05) is 54.7 Å². The lowest BCUT2D eigenvalue weighted by atomic mass is 9.99. The lowest BCUT2D eigenvalue weighted by Gasteiger charge is -2.46. The van der Waals surface area contributed by atoms with Gasteiger partial charge in [-0.25, -0.2) is 19.0 Å². The van der Waals surface area contributed by atoms with Crippen molar-refractivity contribution in [3.63, 3.8) is 0 Å². The molecule has 2 fully saturated rings. The fourth-order valence-electron chi connectivity index (χ4n) is 6.32. The number of aromatic nitrogens is 1. The van der Waals surface area contributed by atoms with Crippen LogP contribution in [0.1, 0.15) is 30.0 Å². The van der Waals surface area contributed by atoms with Crippen LogP contribution in [0.5, 0.6) is 5.75 Å². The van der Waals surface area contributed by atoms with Crippen molar-refractivity contribution in [2.45, 2.75) is 45.1 Å². The number of hydrogen-bond acceptors (Lipinski definition) is 10. The number of nitrogens with zero attached hydrogens (tertiary/aromatic N) is 5. The second-order valence-electron chi connectivity index (χ2n) is 12.1. The van der Waals surface area contributed by atoms with E-state index in [4.69, 9.17) is 10.5 Å². The van der Waals surface area contributed by atoms with E-state index < -0.39 is 24.2 Å². The van der Waals surface area contributed by atoms with Gasteiger partial charge in [0.05, 0.1) is 30.4 Å². The third-order valence-electron chi connectivity index (χ3n) is 8.72. The summed E-state index contributed by atoms with van der Waals surface area (Å²) in [5.74, 6) is -0.929. The van der Waals surface area contributed by atoms with E-state index in [1.165, 1.54) is 35.6 Å². The van der Waals surface area contributed by atoms with Gasteiger partial charge in [-0.15, -0.1) is 0 Å². The first kappa shape index (κ1) is 34.6. The number of esters is 1. The number of thiazole rings is 1. The van der Waals surface area contributed by atoms with Crippen LogP contribution in [-0.4, -0.2) is 94.2 Å². The normalized spacial score (nSPS) is 17.6. The van der Waals surface area contributed by atoms with Crippen LogP contribution in [0.2, 0.25) is 0 Å². The quantitative estimate of drug-likeness (QED) is 0.211. The number of hydrogen-bond donors (Lipinski definition) is 2. The van der Waals surface area contributed by atoms with Gasteiger partial charge in [0.2, 0.25) is 11.8 Å². The first-order chi connectivity index (χ1) is 24.1. The van der Waals surface area contributed by atoms with E-state index in [0.717, 1.165) is 26.9 Å². The number of benzene rings is 3. The number of anilines is 1. The average molecular weight is 704 g/mol. The monoisotopic (exact) mass is 703 g/mol. The topological polar surface area (TPSA) is 151 Å². The van der Waals surface area contributed by atoms with Crippen molar-refractivity contribution in [3.8, 4) is 5.75 Å². The number of urea groups is 1. The number of methoxy groups -OCH3 is 1. The van der Waals surface area contributed by atoms with Crippen molar-refractivity contribution in [3.05, 3.63) is 89.2 Å². The second-order valence-corrected chi connectivity index (χ2v) is 13.1. The zero-order valence-electron chi connectivity index (χ0n) is 27.7. The Balaban J connectivity index is 1.28. The number of nitrogen functional groups attached to an aromatic ring is 1. The van der Waals surface area contributed by atoms with E-state index in [-0.39, 0.29) is 56.8 Å². The van der Waals surface area contributed by atoms with Crippen LogP contribution in [0, 0.1) is 5.82 Å². The van der Waals surface area contributed by atoms with E-state index in [1.54, 1.807) is 51.2 Å². The van der Waals surface area contributed by atoms with Crippen LogP contribution in [-0.2, 0) is 38.6 Å². The van der Waals surface area contributed by atoms with E-state index >= 15 is 0 Å². The summed E-state index contributed by atoms with van der Waals surface area (Å²) in [6, 6.07) is 17.3. The van der Waals surface area contributed by atoms with Gasteiger partial charge in [0.25, 0.3) is 0 Å². The Morgan fingerprint density at radius 1 is 1.08 bits per heavy atom. The lowest BCUT2D eigenvalue weighted by Crippen LogP contribution is -2.66. The van der Waals surface area contributed by atoms with Gasteiger partial charge in [-0.2, -0.15) is 5.01 Å². The van der Waals surface area contributed by atoms with Crippen LogP contribution in [0.3, 0.4) is 0 Å². The molecule has 0 spiro atoms. The number of nitrogens with two attached hydrogens (primary N) is 1. The van der Waals surface area contributed by atoms with Gasteiger partial charge in [0.1, 0.15) is 23.8 Å². The number of nitrogens with one attached hydrogen (secondary N) is 1. The summed E-state index contributed by atoms with van der Waals surface area (Å²) in [7, 11) is 1.28. The molecule has 1 aromatic heterocycles. The van der Waals surface area contributed by atoms with E-state index in [2.05, 4.69) is 15.0 Å². The molecule has 0 bridgehead atoms. The zero-order chi connectivity index (χ0) is 35.4. The van der Waals surface area contributed by atoms with Crippen LogP contribution in [0.15, 0.2) is 66.7 Å². The lowest BCUT2D eigenvalue weighted by molar-refractivity contribution is -0.157. The highest BCUT2D eigenvalue weighted by atomic mass is 32.1. The van der Waals surface area contributed by atoms with Crippen molar-refractivity contribution in [1.82, 2.24) is 30.1 Å². The van der Waals surface area contributed by atoms with Crippen LogP contribution in [0.25, 0.3) is 10.2 Å². The number of hydrazine groups is 1. The van der Waals surface area contributed by atoms with Crippen molar-refractivity contribution in [2.75, 3.05) is 39.1 Å². The van der Waals surface area contributed by atoms with Crippen molar-refractivity contribution >= 4 is 50.5 Å². The predicted molar refractivity (Wildman–Crippen MR) is 184 cm³/mol. The fraction of sp³-hybridized carbons (Fsp3) is 0.343. The minimum absolute atomic E-state index is 0.0925. The largest absolute Gasteiger partial charge is 0.482 e. The van der Waals surface area contributed by atoms with E-state index in [9.17, 15) is 23.6 Å². The summed E-state index contributed by atoms with van der Waals surface area (Å²) >= 11 is 1.37. The summed E-state index contributed by atoms with van der Waals surface area (Å²) < 4.78 is 24.5. The molecule has 2 atom stereocenters. The molecule has 4 aromatic rings. The summed E-state index contributed by atoms with van der Waals surface area (Å²) in [4.78, 5) is 61.2. The molecule has 0 aliphatic carbocycles. The molecule has 262 valence electrons. The van der Waals surface area contributed by atoms with Gasteiger partial charge >= 0.3 is 12.0 Å². The minimum Gasteiger partial charge on any atom is -0.482 e. The SMILES string of the molecule is CCCN(C(=O)NCc1ccc(F)cc1)N1CC(=O)N2[C@@H](Cc3ccc(OCC(=O)OC)cc3)C(=O)N(Cc3cccc4sc(N)nc34)C[C@@H]21. The number of halogens is 1. The maximum absolute atomic E-state index is 14.3. The number of carbonyl (C=O) groups excluding carboxylic acids is 4. The smallest absolute Gasteiger partial charge is 0.343 e. The van der Waals surface area contributed by atoms with E-state index in [0.29, 0.717) is 23.8 Å². The summed E-state index contributed by atoms with van der Waals surface area (Å²) in [5.41, 5.74) is 9.07. The first-order valence-electron chi connectivity index (χ1n) is 16.2. The van der Waals surface area contributed by atoms with Crippen LogP contribution in [0.4, 0.5) is 14.3 Å². The predicted octanol–water partition coefficient (Wildman–Crippen LogP) is 3.53. The van der Waals surface area contributed by atoms with Gasteiger partial charge in [-0.05, 0) is 53.4 Å². The third kappa shape index (κ3) is 7.48. The molecule has 0 unspecified atom stereocenters. The number of ether oxygens (including phenoxy) is 2. The van der Waals surface area contributed by atoms with Crippen LogP contribution < -0.4 is 15.8 Å².